The molecule has 1 rings (SSSR count). The Bertz CT molecular complexity index is 200. The highest BCUT2D eigenvalue weighted by Gasteiger charge is 2.34. The van der Waals surface area contributed by atoms with Crippen molar-refractivity contribution < 1.29 is 9.90 Å². The van der Waals surface area contributed by atoms with Gasteiger partial charge in [0.05, 0.1) is 0 Å². The summed E-state index contributed by atoms with van der Waals surface area (Å²) in [5.74, 6) is -0.445. The zero-order valence-electron chi connectivity index (χ0n) is 6.87. The first-order valence-electron chi connectivity index (χ1n) is 3.68. The second-order valence-electron chi connectivity index (χ2n) is 3.09. The summed E-state index contributed by atoms with van der Waals surface area (Å²) in [6.07, 6.45) is 0.685. The molecule has 0 aromatic heterocycles. The van der Waals surface area contributed by atoms with Gasteiger partial charge >= 0.3 is 5.97 Å². The molecule has 3 heteroatoms. The summed E-state index contributed by atoms with van der Waals surface area (Å²) in [7, 11) is 1.78. The molecule has 3 nitrogen and oxygen atoms in total. The van der Waals surface area contributed by atoms with Gasteiger partial charge in [-0.3, -0.25) is 0 Å². The number of hydrogen-bond acceptors (Lipinski definition) is 2. The van der Waals surface area contributed by atoms with Crippen LogP contribution in [-0.2, 0) is 4.79 Å². The van der Waals surface area contributed by atoms with E-state index in [4.69, 9.17) is 5.11 Å². The van der Waals surface area contributed by atoms with Crippen molar-refractivity contribution in [3.8, 4) is 0 Å². The number of allylic oxidation sites excluding steroid dienone is 1. The van der Waals surface area contributed by atoms with Gasteiger partial charge in [0.2, 0.25) is 0 Å². The average Bonchev–Trinajstić information content (AvgIpc) is 2.17. The lowest BCUT2D eigenvalue weighted by atomic mass is 10.1. The van der Waals surface area contributed by atoms with Gasteiger partial charge < -0.3 is 10.0 Å². The Kier molecular flexibility index (Phi) is 1.89. The second kappa shape index (κ2) is 2.57. The van der Waals surface area contributed by atoms with Gasteiger partial charge in [0.15, 0.2) is 0 Å². The molecule has 0 amide bonds. The van der Waals surface area contributed by atoms with E-state index in [0.717, 1.165) is 5.70 Å². The van der Waals surface area contributed by atoms with Crippen LogP contribution < -0.4 is 0 Å². The predicted molar refractivity (Wildman–Crippen MR) is 42.1 cm³/mol. The molecule has 1 aliphatic heterocycles. The summed E-state index contributed by atoms with van der Waals surface area (Å²) in [5.41, 5.74) is 0.928. The fourth-order valence-corrected chi connectivity index (χ4v) is 1.44. The smallest absolute Gasteiger partial charge is 0.326 e. The molecule has 1 heterocycles. The van der Waals surface area contributed by atoms with Crippen LogP contribution in [-0.4, -0.2) is 29.1 Å². The second-order valence-corrected chi connectivity index (χ2v) is 3.09. The first kappa shape index (κ1) is 8.11. The lowest BCUT2D eigenvalue weighted by molar-refractivity contribution is -0.141. The Labute approximate surface area is 66.3 Å². The average molecular weight is 155 g/mol. The molecule has 0 spiro atoms. The molecule has 2 atom stereocenters. The molecule has 1 aliphatic rings. The van der Waals surface area contributed by atoms with E-state index < -0.39 is 5.97 Å². The summed E-state index contributed by atoms with van der Waals surface area (Å²) >= 11 is 0. The molecule has 1 saturated heterocycles. The zero-order valence-corrected chi connectivity index (χ0v) is 6.87. The monoisotopic (exact) mass is 155 g/mol. The number of likely N-dealkylation sites (tertiary alicyclic amines) is 1. The van der Waals surface area contributed by atoms with Crippen molar-refractivity contribution in [2.24, 2.45) is 5.92 Å². The molecule has 0 bridgehead atoms. The normalized spacial score (nSPS) is 31.1. The van der Waals surface area contributed by atoms with Crippen molar-refractivity contribution in [3.63, 3.8) is 0 Å². The Morgan fingerprint density at radius 2 is 2.36 bits per heavy atom. The summed E-state index contributed by atoms with van der Waals surface area (Å²) in [6.45, 7) is 5.81. The minimum absolute atomic E-state index is 0.307. The molecule has 62 valence electrons. The summed E-state index contributed by atoms with van der Waals surface area (Å²) in [5, 5.41) is 8.74. The third-order valence-corrected chi connectivity index (χ3v) is 2.35. The number of carbonyl (C=O) groups is 1. The highest BCUT2D eigenvalue weighted by molar-refractivity contribution is 5.74. The third kappa shape index (κ3) is 1.23. The minimum atomic E-state index is -0.752. The lowest BCUT2D eigenvalue weighted by Crippen LogP contribution is -2.31. The molecule has 0 saturated carbocycles. The SMILES string of the molecule is C=C1[C@H](C)C[C@@H](C(=O)O)N1C. The first-order chi connectivity index (χ1) is 5.04. The number of rotatable bonds is 1. The van der Waals surface area contributed by atoms with Gasteiger partial charge in [-0.25, -0.2) is 4.79 Å². The zero-order chi connectivity index (χ0) is 8.59. The molecular weight excluding hydrogens is 142 g/mol. The van der Waals surface area contributed by atoms with Crippen LogP contribution in [0.1, 0.15) is 13.3 Å². The van der Waals surface area contributed by atoms with Gasteiger partial charge in [-0.05, 0) is 12.3 Å². The van der Waals surface area contributed by atoms with Crippen LogP contribution in [0, 0.1) is 5.92 Å². The molecule has 1 fully saturated rings. The maximum atomic E-state index is 10.6. The van der Waals surface area contributed by atoms with Crippen LogP contribution in [0.3, 0.4) is 0 Å². The van der Waals surface area contributed by atoms with Crippen molar-refractivity contribution in [1.82, 2.24) is 4.90 Å². The van der Waals surface area contributed by atoms with E-state index in [1.54, 1.807) is 11.9 Å². The van der Waals surface area contributed by atoms with E-state index >= 15 is 0 Å². The van der Waals surface area contributed by atoms with Crippen molar-refractivity contribution in [1.29, 1.82) is 0 Å². The number of carboxylic acids is 1. The Balaban J connectivity index is 2.75. The van der Waals surface area contributed by atoms with Crippen LogP contribution in [0.4, 0.5) is 0 Å². The quantitative estimate of drug-likeness (QED) is 0.612. The molecule has 11 heavy (non-hydrogen) atoms. The Hall–Kier alpha value is -0.990. The third-order valence-electron chi connectivity index (χ3n) is 2.35. The molecule has 0 aromatic rings. The van der Waals surface area contributed by atoms with Crippen LogP contribution in [0.25, 0.3) is 0 Å². The van der Waals surface area contributed by atoms with Crippen LogP contribution in [0.5, 0.6) is 0 Å². The number of carboxylic acid groups (broad SMARTS) is 1. The molecule has 1 N–H and O–H groups in total. The van der Waals surface area contributed by atoms with Gasteiger partial charge in [0.1, 0.15) is 6.04 Å². The van der Waals surface area contributed by atoms with Gasteiger partial charge in [-0.15, -0.1) is 0 Å². The summed E-state index contributed by atoms with van der Waals surface area (Å²) in [6, 6.07) is -0.363. The van der Waals surface area contributed by atoms with E-state index in [9.17, 15) is 4.79 Å². The number of nitrogens with zero attached hydrogens (tertiary/aromatic N) is 1. The maximum absolute atomic E-state index is 10.6. The lowest BCUT2D eigenvalue weighted by Gasteiger charge is -2.18. The predicted octanol–water partition coefficient (Wildman–Crippen LogP) is 0.925. The standard InChI is InChI=1S/C8H13NO2/c1-5-4-7(8(10)11)9(3)6(5)2/h5,7H,2,4H2,1,3H3,(H,10,11)/t5-,7+/m1/s1. The van der Waals surface area contributed by atoms with Crippen molar-refractivity contribution in [2.45, 2.75) is 19.4 Å². The molecule has 0 aromatic carbocycles. The minimum Gasteiger partial charge on any atom is -0.480 e. The number of likely N-dealkylation sites (N-methyl/N-ethyl adjacent to an activating group) is 1. The molecule has 0 unspecified atom stereocenters. The van der Waals surface area contributed by atoms with Crippen molar-refractivity contribution >= 4 is 5.97 Å². The molecular formula is C8H13NO2. The number of aliphatic carboxylic acids is 1. The molecule has 0 aliphatic carbocycles. The van der Waals surface area contributed by atoms with Crippen LogP contribution in [0.2, 0.25) is 0 Å². The van der Waals surface area contributed by atoms with Crippen molar-refractivity contribution in [3.05, 3.63) is 12.3 Å². The van der Waals surface area contributed by atoms with Gasteiger partial charge in [0, 0.05) is 12.7 Å². The van der Waals surface area contributed by atoms with E-state index in [1.807, 2.05) is 6.92 Å². The van der Waals surface area contributed by atoms with E-state index in [-0.39, 0.29) is 6.04 Å². The van der Waals surface area contributed by atoms with Crippen LogP contribution in [0.15, 0.2) is 12.3 Å². The van der Waals surface area contributed by atoms with E-state index in [2.05, 4.69) is 6.58 Å². The molecule has 0 radical (unpaired) electrons. The van der Waals surface area contributed by atoms with Gasteiger partial charge in [-0.1, -0.05) is 13.5 Å². The highest BCUT2D eigenvalue weighted by Crippen LogP contribution is 2.29. The van der Waals surface area contributed by atoms with Gasteiger partial charge in [-0.2, -0.15) is 0 Å². The Morgan fingerprint density at radius 3 is 2.55 bits per heavy atom. The van der Waals surface area contributed by atoms with E-state index in [0.29, 0.717) is 12.3 Å². The Morgan fingerprint density at radius 1 is 1.82 bits per heavy atom. The summed E-state index contributed by atoms with van der Waals surface area (Å²) in [4.78, 5) is 12.4. The largest absolute Gasteiger partial charge is 0.480 e. The van der Waals surface area contributed by atoms with Gasteiger partial charge in [0.25, 0.3) is 0 Å². The highest BCUT2D eigenvalue weighted by atomic mass is 16.4. The van der Waals surface area contributed by atoms with Crippen molar-refractivity contribution in [2.75, 3.05) is 7.05 Å². The summed E-state index contributed by atoms with van der Waals surface area (Å²) < 4.78 is 0. The fraction of sp³-hybridized carbons (Fsp3) is 0.625. The number of hydrogen-bond donors (Lipinski definition) is 1. The first-order valence-corrected chi connectivity index (χ1v) is 3.68. The maximum Gasteiger partial charge on any atom is 0.326 e. The topological polar surface area (TPSA) is 40.5 Å². The van der Waals surface area contributed by atoms with E-state index in [1.165, 1.54) is 0 Å². The fourth-order valence-electron chi connectivity index (χ4n) is 1.44. The van der Waals surface area contributed by atoms with Crippen LogP contribution >= 0.6 is 0 Å².